The Morgan fingerprint density at radius 1 is 1.16 bits per heavy atom. The molecule has 0 spiro atoms. The molecule has 230 valence electrons. The molecule has 2 heterocycles. The number of halogens is 5. The van der Waals surface area contributed by atoms with E-state index in [1.54, 1.807) is 13.8 Å². The fourth-order valence-corrected chi connectivity index (χ4v) is 4.49. The lowest BCUT2D eigenvalue weighted by molar-refractivity contribution is -0.265. The Hall–Kier alpha value is -3.94. The van der Waals surface area contributed by atoms with Crippen LogP contribution in [-0.2, 0) is 15.9 Å². The molecule has 1 unspecified atom stereocenters. The number of benzene rings is 2. The largest absolute Gasteiger partial charge is 0.493 e. The van der Waals surface area contributed by atoms with Crippen LogP contribution in [0.4, 0.5) is 17.6 Å². The second kappa shape index (κ2) is 12.0. The molecule has 1 aromatic heterocycles. The molecule has 1 saturated heterocycles. The van der Waals surface area contributed by atoms with Crippen LogP contribution in [0.2, 0.25) is 5.02 Å². The normalized spacial score (nSPS) is 16.8. The van der Waals surface area contributed by atoms with Gasteiger partial charge in [-0.3, -0.25) is 9.59 Å². The number of hydrogen-bond acceptors (Lipinski definition) is 7. The van der Waals surface area contributed by atoms with Crippen molar-refractivity contribution < 1.29 is 41.7 Å². The Balaban J connectivity index is 1.66. The highest BCUT2D eigenvalue weighted by Crippen LogP contribution is 2.40. The van der Waals surface area contributed by atoms with Gasteiger partial charge in [0.2, 0.25) is 5.60 Å². The van der Waals surface area contributed by atoms with Gasteiger partial charge in [0, 0.05) is 29.6 Å². The minimum atomic E-state index is -5.31. The van der Waals surface area contributed by atoms with E-state index in [0.29, 0.717) is 13.0 Å². The predicted molar refractivity (Wildman–Crippen MR) is 149 cm³/mol. The molecule has 1 aliphatic rings. The number of nitrogens with zero attached hydrogens (tertiary/aromatic N) is 1. The Bertz CT molecular complexity index is 1550. The van der Waals surface area contributed by atoms with Gasteiger partial charge in [-0.1, -0.05) is 11.6 Å². The summed E-state index contributed by atoms with van der Waals surface area (Å²) in [4.78, 5) is 28.9. The van der Waals surface area contributed by atoms with Gasteiger partial charge in [0.15, 0.2) is 17.6 Å². The fraction of sp³-hybridized carbons (Fsp3) is 0.345. The first kappa shape index (κ1) is 32.0. The van der Waals surface area contributed by atoms with Gasteiger partial charge in [-0.15, -0.1) is 0 Å². The van der Waals surface area contributed by atoms with Gasteiger partial charge >= 0.3 is 6.18 Å². The third kappa shape index (κ3) is 6.84. The summed E-state index contributed by atoms with van der Waals surface area (Å²) in [5, 5.41) is 15.6. The highest BCUT2D eigenvalue weighted by atomic mass is 35.5. The van der Waals surface area contributed by atoms with Crippen LogP contribution >= 0.6 is 11.6 Å². The minimum absolute atomic E-state index is 0.0572. The Morgan fingerprint density at radius 3 is 2.47 bits per heavy atom. The zero-order valence-electron chi connectivity index (χ0n) is 23.3. The Kier molecular flexibility index (Phi) is 8.91. The molecule has 0 radical (unpaired) electrons. The molecule has 1 fully saturated rings. The summed E-state index contributed by atoms with van der Waals surface area (Å²) in [7, 11) is 1.30. The van der Waals surface area contributed by atoms with Crippen LogP contribution in [0.1, 0.15) is 41.9 Å². The van der Waals surface area contributed by atoms with Crippen molar-refractivity contribution in [3.63, 3.8) is 0 Å². The zero-order chi connectivity index (χ0) is 31.7. The standard InChI is InChI=1S/C29H29ClF4N4O5/c1-27(2,35)17-12-20(15-4-6-19(31)18(30)10-15)38-24(13-17)28(41,29(32,33)34)14-37-25(39)16-5-7-21(23(11-16)42-3)43-22-8-9-36-26(22)40/h4-7,10-13,22,41H,8-9,14,35H2,1-3H3,(H,36,40)(H,37,39)/t22-,28?/m0/s1. The molecule has 0 saturated carbocycles. The number of hydrogen-bond donors (Lipinski definition) is 4. The average molecular weight is 625 g/mol. The first-order valence-corrected chi connectivity index (χ1v) is 13.4. The molecule has 14 heteroatoms. The van der Waals surface area contributed by atoms with Gasteiger partial charge in [-0.25, -0.2) is 9.37 Å². The highest BCUT2D eigenvalue weighted by Gasteiger charge is 2.56. The van der Waals surface area contributed by atoms with Gasteiger partial charge in [-0.05, 0) is 67.9 Å². The van der Waals surface area contributed by atoms with E-state index in [2.05, 4.69) is 15.6 Å². The van der Waals surface area contributed by atoms with E-state index in [0.717, 1.165) is 12.1 Å². The van der Waals surface area contributed by atoms with Crippen LogP contribution in [0, 0.1) is 5.82 Å². The lowest BCUT2D eigenvalue weighted by Crippen LogP contribution is -2.51. The number of ether oxygens (including phenoxy) is 2. The number of carbonyl (C=O) groups excluding carboxylic acids is 2. The summed E-state index contributed by atoms with van der Waals surface area (Å²) >= 11 is 5.88. The number of nitrogens with one attached hydrogen (secondary N) is 2. The number of amides is 2. The summed E-state index contributed by atoms with van der Waals surface area (Å²) in [5.41, 5.74) is 0.703. The second-order valence-electron chi connectivity index (χ2n) is 10.6. The molecule has 4 rings (SSSR count). The lowest BCUT2D eigenvalue weighted by atomic mass is 9.89. The number of nitrogens with two attached hydrogens (primary N) is 1. The molecule has 2 aromatic carbocycles. The van der Waals surface area contributed by atoms with E-state index in [9.17, 15) is 32.3 Å². The van der Waals surface area contributed by atoms with E-state index in [1.165, 1.54) is 43.5 Å². The van der Waals surface area contributed by atoms with Crippen molar-refractivity contribution in [1.82, 2.24) is 15.6 Å². The molecule has 9 nitrogen and oxygen atoms in total. The summed E-state index contributed by atoms with van der Waals surface area (Å²) in [6.07, 6.45) is -5.64. The maximum Gasteiger partial charge on any atom is 0.424 e. The van der Waals surface area contributed by atoms with Crippen LogP contribution in [0.15, 0.2) is 48.5 Å². The molecule has 2 amide bonds. The molecule has 5 N–H and O–H groups in total. The third-order valence-electron chi connectivity index (χ3n) is 6.88. The van der Waals surface area contributed by atoms with Crippen molar-refractivity contribution in [2.24, 2.45) is 5.73 Å². The summed E-state index contributed by atoms with van der Waals surface area (Å²) < 4.78 is 68.2. The number of methoxy groups -OCH3 is 1. The summed E-state index contributed by atoms with van der Waals surface area (Å²) in [5.74, 6) is -1.79. The molecular formula is C29H29ClF4N4O5. The number of rotatable bonds is 9. The van der Waals surface area contributed by atoms with Crippen LogP contribution < -0.4 is 25.8 Å². The first-order valence-electron chi connectivity index (χ1n) is 13.0. The molecule has 2 atom stereocenters. The highest BCUT2D eigenvalue weighted by molar-refractivity contribution is 6.31. The van der Waals surface area contributed by atoms with Crippen molar-refractivity contribution in [2.45, 2.75) is 43.7 Å². The van der Waals surface area contributed by atoms with Crippen molar-refractivity contribution in [3.05, 3.63) is 76.2 Å². The summed E-state index contributed by atoms with van der Waals surface area (Å²) in [6.45, 7) is 2.21. The first-order chi connectivity index (χ1) is 20.0. The van der Waals surface area contributed by atoms with Gasteiger partial charge in [0.05, 0.1) is 30.1 Å². The quantitative estimate of drug-likeness (QED) is 0.262. The SMILES string of the molecule is COc1cc(C(=O)NCC(O)(c2cc(C(C)(C)N)cc(-c3ccc(F)c(Cl)c3)n2)C(F)(F)F)ccc1O[C@H]1CCNC1=O. The van der Waals surface area contributed by atoms with Crippen molar-refractivity contribution in [3.8, 4) is 22.8 Å². The minimum Gasteiger partial charge on any atom is -0.493 e. The molecule has 0 bridgehead atoms. The van der Waals surface area contributed by atoms with Crippen LogP contribution in [0.25, 0.3) is 11.3 Å². The van der Waals surface area contributed by atoms with Crippen LogP contribution in [-0.4, -0.2) is 54.4 Å². The maximum atomic E-state index is 14.5. The smallest absolute Gasteiger partial charge is 0.424 e. The van der Waals surface area contributed by atoms with Crippen molar-refractivity contribution >= 4 is 23.4 Å². The predicted octanol–water partition coefficient (Wildman–Crippen LogP) is 4.19. The Labute approximate surface area is 249 Å². The van der Waals surface area contributed by atoms with Crippen LogP contribution in [0.3, 0.4) is 0 Å². The second-order valence-corrected chi connectivity index (χ2v) is 11.0. The number of aliphatic hydroxyl groups is 1. The molecule has 43 heavy (non-hydrogen) atoms. The van der Waals surface area contributed by atoms with Crippen molar-refractivity contribution in [1.29, 1.82) is 0 Å². The van der Waals surface area contributed by atoms with Crippen LogP contribution in [0.5, 0.6) is 11.5 Å². The average Bonchev–Trinajstić information content (AvgIpc) is 3.35. The van der Waals surface area contributed by atoms with Gasteiger partial charge < -0.3 is 30.9 Å². The Morgan fingerprint density at radius 2 is 1.88 bits per heavy atom. The maximum absolute atomic E-state index is 14.5. The third-order valence-corrected chi connectivity index (χ3v) is 7.17. The molecule has 0 aliphatic carbocycles. The summed E-state index contributed by atoms with van der Waals surface area (Å²) in [6, 6.07) is 9.76. The van der Waals surface area contributed by atoms with E-state index < -0.39 is 47.4 Å². The van der Waals surface area contributed by atoms with Crippen molar-refractivity contribution in [2.75, 3.05) is 20.2 Å². The van der Waals surface area contributed by atoms with Gasteiger partial charge in [-0.2, -0.15) is 13.2 Å². The van der Waals surface area contributed by atoms with E-state index in [1.807, 2.05) is 0 Å². The zero-order valence-corrected chi connectivity index (χ0v) is 24.1. The van der Waals surface area contributed by atoms with Gasteiger partial charge in [0.25, 0.3) is 11.8 Å². The fourth-order valence-electron chi connectivity index (χ4n) is 4.31. The number of pyridine rings is 1. The van der Waals surface area contributed by atoms with E-state index in [-0.39, 0.29) is 44.8 Å². The number of aromatic nitrogens is 1. The lowest BCUT2D eigenvalue weighted by Gasteiger charge is -2.32. The molecule has 1 aliphatic heterocycles. The van der Waals surface area contributed by atoms with E-state index in [4.69, 9.17) is 26.8 Å². The topological polar surface area (TPSA) is 136 Å². The molecule has 3 aromatic rings. The van der Waals surface area contributed by atoms with E-state index >= 15 is 0 Å². The van der Waals surface area contributed by atoms with Gasteiger partial charge in [0.1, 0.15) is 5.82 Å². The monoisotopic (exact) mass is 624 g/mol. The molecular weight excluding hydrogens is 596 g/mol. The number of alkyl halides is 3. The number of carbonyl (C=O) groups is 2.